The SMILES string of the molecule is Nc1ccc(Oc2ccc(F)cn2)cc1Cl. The summed E-state index contributed by atoms with van der Waals surface area (Å²) in [5.41, 5.74) is 6.02. The average molecular weight is 239 g/mol. The summed E-state index contributed by atoms with van der Waals surface area (Å²) in [5.74, 6) is 0.378. The lowest BCUT2D eigenvalue weighted by Gasteiger charge is -2.05. The largest absolute Gasteiger partial charge is 0.439 e. The monoisotopic (exact) mass is 238 g/mol. The lowest BCUT2D eigenvalue weighted by atomic mass is 10.3. The minimum atomic E-state index is -0.414. The molecule has 1 heterocycles. The highest BCUT2D eigenvalue weighted by molar-refractivity contribution is 6.33. The molecule has 5 heteroatoms. The molecule has 2 aromatic rings. The molecule has 16 heavy (non-hydrogen) atoms. The Labute approximate surface area is 96.6 Å². The Morgan fingerprint density at radius 3 is 2.69 bits per heavy atom. The number of hydrogen-bond donors (Lipinski definition) is 1. The molecule has 0 amide bonds. The van der Waals surface area contributed by atoms with Gasteiger partial charge in [-0.3, -0.25) is 0 Å². The van der Waals surface area contributed by atoms with Crippen LogP contribution in [0.2, 0.25) is 5.02 Å². The zero-order chi connectivity index (χ0) is 11.5. The number of aromatic nitrogens is 1. The van der Waals surface area contributed by atoms with E-state index in [2.05, 4.69) is 4.98 Å². The van der Waals surface area contributed by atoms with Gasteiger partial charge in [-0.15, -0.1) is 0 Å². The molecular formula is C11H8ClFN2O. The number of benzene rings is 1. The number of hydrogen-bond acceptors (Lipinski definition) is 3. The molecular weight excluding hydrogens is 231 g/mol. The van der Waals surface area contributed by atoms with E-state index in [1.165, 1.54) is 12.1 Å². The van der Waals surface area contributed by atoms with Crippen molar-refractivity contribution in [3.63, 3.8) is 0 Å². The lowest BCUT2D eigenvalue weighted by Crippen LogP contribution is -1.90. The highest BCUT2D eigenvalue weighted by Crippen LogP contribution is 2.26. The van der Waals surface area contributed by atoms with Crippen LogP contribution >= 0.6 is 11.6 Å². The lowest BCUT2D eigenvalue weighted by molar-refractivity contribution is 0.459. The van der Waals surface area contributed by atoms with Crippen LogP contribution in [0, 0.1) is 5.82 Å². The normalized spacial score (nSPS) is 10.1. The molecule has 0 radical (unpaired) electrons. The van der Waals surface area contributed by atoms with Crippen LogP contribution in [-0.4, -0.2) is 4.98 Å². The third-order valence-corrected chi connectivity index (χ3v) is 2.22. The second kappa shape index (κ2) is 4.37. The molecule has 0 saturated carbocycles. The number of nitrogen functional groups attached to an aromatic ring is 1. The van der Waals surface area contributed by atoms with Gasteiger partial charge in [0.25, 0.3) is 0 Å². The standard InChI is InChI=1S/C11H8ClFN2O/c12-9-5-8(2-3-10(9)14)16-11-4-1-7(13)6-15-11/h1-6H,14H2. The number of pyridine rings is 1. The van der Waals surface area contributed by atoms with Crippen molar-refractivity contribution in [2.24, 2.45) is 0 Å². The van der Waals surface area contributed by atoms with Crippen LogP contribution in [0.3, 0.4) is 0 Å². The first-order valence-electron chi connectivity index (χ1n) is 4.49. The molecule has 0 aliphatic rings. The first kappa shape index (κ1) is 10.7. The Morgan fingerprint density at radius 1 is 1.25 bits per heavy atom. The van der Waals surface area contributed by atoms with Crippen molar-refractivity contribution >= 4 is 17.3 Å². The molecule has 82 valence electrons. The molecule has 2 N–H and O–H groups in total. The fraction of sp³-hybridized carbons (Fsp3) is 0. The van der Waals surface area contributed by atoms with Crippen LogP contribution in [0.1, 0.15) is 0 Å². The predicted molar refractivity (Wildman–Crippen MR) is 60.1 cm³/mol. The summed E-state index contributed by atoms with van der Waals surface area (Å²) < 4.78 is 17.9. The Hall–Kier alpha value is -1.81. The van der Waals surface area contributed by atoms with Crippen molar-refractivity contribution in [3.8, 4) is 11.6 Å². The van der Waals surface area contributed by atoms with Crippen molar-refractivity contribution in [2.45, 2.75) is 0 Å². The van der Waals surface area contributed by atoms with Gasteiger partial charge in [0, 0.05) is 12.1 Å². The van der Waals surface area contributed by atoms with Gasteiger partial charge < -0.3 is 10.5 Å². The molecule has 0 atom stereocenters. The molecule has 0 aliphatic carbocycles. The third kappa shape index (κ3) is 2.41. The maximum atomic E-state index is 12.6. The second-order valence-corrected chi connectivity index (χ2v) is 3.51. The van der Waals surface area contributed by atoms with E-state index in [1.54, 1.807) is 18.2 Å². The Kier molecular flexibility index (Phi) is 2.92. The number of ether oxygens (including phenoxy) is 1. The van der Waals surface area contributed by atoms with Crippen LogP contribution in [0.5, 0.6) is 11.6 Å². The summed E-state index contributed by atoms with van der Waals surface area (Å²) >= 11 is 5.82. The molecule has 3 nitrogen and oxygen atoms in total. The van der Waals surface area contributed by atoms with E-state index >= 15 is 0 Å². The third-order valence-electron chi connectivity index (χ3n) is 1.89. The second-order valence-electron chi connectivity index (χ2n) is 3.10. The maximum absolute atomic E-state index is 12.6. The Morgan fingerprint density at radius 2 is 2.06 bits per heavy atom. The van der Waals surface area contributed by atoms with Gasteiger partial charge in [-0.05, 0) is 18.2 Å². The molecule has 0 fully saturated rings. The van der Waals surface area contributed by atoms with E-state index in [0.717, 1.165) is 6.20 Å². The minimum Gasteiger partial charge on any atom is -0.439 e. The quantitative estimate of drug-likeness (QED) is 0.817. The van der Waals surface area contributed by atoms with Gasteiger partial charge in [-0.25, -0.2) is 9.37 Å². The molecule has 0 spiro atoms. The van der Waals surface area contributed by atoms with Crippen LogP contribution in [0.4, 0.5) is 10.1 Å². The summed E-state index contributed by atoms with van der Waals surface area (Å²) in [6.07, 6.45) is 1.08. The van der Waals surface area contributed by atoms with Crippen molar-refractivity contribution in [3.05, 3.63) is 47.4 Å². The average Bonchev–Trinajstić information content (AvgIpc) is 2.27. The highest BCUT2D eigenvalue weighted by atomic mass is 35.5. The predicted octanol–water partition coefficient (Wildman–Crippen LogP) is 3.25. The highest BCUT2D eigenvalue weighted by Gasteiger charge is 2.02. The number of rotatable bonds is 2. The van der Waals surface area contributed by atoms with Gasteiger partial charge in [0.2, 0.25) is 5.88 Å². The van der Waals surface area contributed by atoms with Crippen molar-refractivity contribution in [1.29, 1.82) is 0 Å². The number of nitrogens with two attached hydrogens (primary N) is 1. The van der Waals surface area contributed by atoms with Crippen LogP contribution < -0.4 is 10.5 Å². The van der Waals surface area contributed by atoms with Crippen LogP contribution in [0.15, 0.2) is 36.5 Å². The molecule has 0 aliphatic heterocycles. The van der Waals surface area contributed by atoms with E-state index in [4.69, 9.17) is 22.1 Å². The van der Waals surface area contributed by atoms with Crippen molar-refractivity contribution in [2.75, 3.05) is 5.73 Å². The van der Waals surface area contributed by atoms with Crippen LogP contribution in [0.25, 0.3) is 0 Å². The fourth-order valence-corrected chi connectivity index (χ4v) is 1.29. The Balaban J connectivity index is 2.20. The number of halogens is 2. The van der Waals surface area contributed by atoms with Crippen LogP contribution in [-0.2, 0) is 0 Å². The molecule has 1 aromatic carbocycles. The summed E-state index contributed by atoms with van der Waals surface area (Å²) in [7, 11) is 0. The molecule has 2 rings (SSSR count). The maximum Gasteiger partial charge on any atom is 0.219 e. The molecule has 1 aromatic heterocycles. The molecule has 0 unspecified atom stereocenters. The van der Waals surface area contributed by atoms with Gasteiger partial charge in [0.05, 0.1) is 16.9 Å². The van der Waals surface area contributed by atoms with E-state index in [-0.39, 0.29) is 0 Å². The summed E-state index contributed by atoms with van der Waals surface area (Å²) in [4.78, 5) is 3.75. The van der Waals surface area contributed by atoms with E-state index in [1.807, 2.05) is 0 Å². The summed E-state index contributed by atoms with van der Waals surface area (Å²) in [6, 6.07) is 7.55. The van der Waals surface area contributed by atoms with Crippen molar-refractivity contribution < 1.29 is 9.13 Å². The van der Waals surface area contributed by atoms with Gasteiger partial charge in [0.1, 0.15) is 11.6 Å². The van der Waals surface area contributed by atoms with E-state index in [9.17, 15) is 4.39 Å². The minimum absolute atomic E-state index is 0.294. The zero-order valence-electron chi connectivity index (χ0n) is 8.15. The zero-order valence-corrected chi connectivity index (χ0v) is 8.91. The van der Waals surface area contributed by atoms with Gasteiger partial charge in [-0.2, -0.15) is 0 Å². The van der Waals surface area contributed by atoms with Crippen molar-refractivity contribution in [1.82, 2.24) is 4.98 Å². The van der Waals surface area contributed by atoms with E-state index in [0.29, 0.717) is 22.3 Å². The van der Waals surface area contributed by atoms with Gasteiger partial charge in [0.15, 0.2) is 0 Å². The number of nitrogens with zero attached hydrogens (tertiary/aromatic N) is 1. The first-order valence-corrected chi connectivity index (χ1v) is 4.87. The van der Waals surface area contributed by atoms with E-state index < -0.39 is 5.82 Å². The number of anilines is 1. The topological polar surface area (TPSA) is 48.1 Å². The van der Waals surface area contributed by atoms with Gasteiger partial charge in [-0.1, -0.05) is 11.6 Å². The first-order chi connectivity index (χ1) is 7.65. The molecule has 0 saturated heterocycles. The van der Waals surface area contributed by atoms with Gasteiger partial charge >= 0.3 is 0 Å². The smallest absolute Gasteiger partial charge is 0.219 e. The summed E-state index contributed by atoms with van der Waals surface area (Å²) in [5, 5.41) is 0.402. The summed E-state index contributed by atoms with van der Waals surface area (Å²) in [6.45, 7) is 0. The molecule has 0 bridgehead atoms. The Bertz CT molecular complexity index is 502. The fourth-order valence-electron chi connectivity index (χ4n) is 1.11.